The highest BCUT2D eigenvalue weighted by atomic mass is 35.5. The van der Waals surface area contributed by atoms with Gasteiger partial charge in [-0.1, -0.05) is 41.9 Å². The van der Waals surface area contributed by atoms with Gasteiger partial charge in [-0.05, 0) is 55.0 Å². The monoisotopic (exact) mass is 384 g/mol. The number of aromatic amines is 1. The van der Waals surface area contributed by atoms with Gasteiger partial charge in [0.25, 0.3) is 0 Å². The zero-order valence-corrected chi connectivity index (χ0v) is 15.7. The van der Waals surface area contributed by atoms with Crippen LogP contribution in [0.3, 0.4) is 0 Å². The average Bonchev–Trinajstić information content (AvgIpc) is 3.02. The quantitative estimate of drug-likeness (QED) is 0.474. The zero-order chi connectivity index (χ0) is 18.4. The first-order chi connectivity index (χ1) is 12.7. The first-order valence-electron chi connectivity index (χ1n) is 8.04. The Balaban J connectivity index is 1.86. The van der Waals surface area contributed by atoms with Crippen molar-refractivity contribution >= 4 is 36.1 Å². The molecule has 26 heavy (non-hydrogen) atoms. The number of H-pyrrole nitrogens is 1. The second kappa shape index (κ2) is 8.60. The second-order valence-corrected chi connectivity index (χ2v) is 6.13. The SMILES string of the molecule is CCOc1ccc(-c2n[nH]c(=S)n2/N=C/C(Cl)=C/c2ccccc2)cc1. The lowest BCUT2D eigenvalue weighted by atomic mass is 10.2. The van der Waals surface area contributed by atoms with E-state index in [1.807, 2.05) is 67.6 Å². The molecule has 1 N–H and O–H groups in total. The Kier molecular flexibility index (Phi) is 5.99. The maximum Gasteiger partial charge on any atom is 0.216 e. The fraction of sp³-hybridized carbons (Fsp3) is 0.105. The predicted octanol–water partition coefficient (Wildman–Crippen LogP) is 5.12. The lowest BCUT2D eigenvalue weighted by Crippen LogP contribution is -1.95. The van der Waals surface area contributed by atoms with Gasteiger partial charge in [0, 0.05) is 5.56 Å². The van der Waals surface area contributed by atoms with Crippen LogP contribution in [0.5, 0.6) is 5.75 Å². The molecule has 0 atom stereocenters. The number of rotatable bonds is 6. The van der Waals surface area contributed by atoms with Gasteiger partial charge >= 0.3 is 0 Å². The highest BCUT2D eigenvalue weighted by molar-refractivity contribution is 7.71. The van der Waals surface area contributed by atoms with Gasteiger partial charge in [-0.2, -0.15) is 14.9 Å². The fourth-order valence-corrected chi connectivity index (χ4v) is 2.66. The number of halogens is 1. The predicted molar refractivity (Wildman–Crippen MR) is 108 cm³/mol. The molecule has 3 aromatic rings. The topological polar surface area (TPSA) is 55.2 Å². The largest absolute Gasteiger partial charge is 0.494 e. The van der Waals surface area contributed by atoms with E-state index in [0.717, 1.165) is 16.9 Å². The van der Waals surface area contributed by atoms with E-state index in [1.165, 1.54) is 10.9 Å². The Morgan fingerprint density at radius 1 is 1.23 bits per heavy atom. The van der Waals surface area contributed by atoms with Crippen LogP contribution >= 0.6 is 23.8 Å². The van der Waals surface area contributed by atoms with Crippen molar-refractivity contribution < 1.29 is 4.74 Å². The fourth-order valence-electron chi connectivity index (χ4n) is 2.31. The van der Waals surface area contributed by atoms with Gasteiger partial charge in [0.1, 0.15) is 5.75 Å². The maximum atomic E-state index is 6.26. The van der Waals surface area contributed by atoms with Gasteiger partial charge in [0.05, 0.1) is 17.9 Å². The summed E-state index contributed by atoms with van der Waals surface area (Å²) < 4.78 is 7.38. The van der Waals surface area contributed by atoms with Crippen molar-refractivity contribution in [3.8, 4) is 17.1 Å². The summed E-state index contributed by atoms with van der Waals surface area (Å²) in [5.74, 6) is 1.40. The van der Waals surface area contributed by atoms with Crippen LogP contribution in [0, 0.1) is 4.77 Å². The Morgan fingerprint density at radius 3 is 2.65 bits per heavy atom. The van der Waals surface area contributed by atoms with E-state index in [-0.39, 0.29) is 0 Å². The van der Waals surface area contributed by atoms with E-state index in [1.54, 1.807) is 0 Å². The van der Waals surface area contributed by atoms with Crippen LogP contribution in [0.15, 0.2) is 64.7 Å². The van der Waals surface area contributed by atoms with Crippen molar-refractivity contribution in [1.82, 2.24) is 14.9 Å². The van der Waals surface area contributed by atoms with Gasteiger partial charge in [-0.25, -0.2) is 5.10 Å². The van der Waals surface area contributed by atoms with Crippen LogP contribution in [0.4, 0.5) is 0 Å². The standard InChI is InChI=1S/C19H17ClN4OS/c1-2-25-17-10-8-15(9-11-17)18-22-23-19(26)24(18)21-13-16(20)12-14-6-4-3-5-7-14/h3-13H,2H2,1H3,(H,23,26)/b16-12-,21-13+. The molecule has 0 unspecified atom stereocenters. The summed E-state index contributed by atoms with van der Waals surface area (Å²) in [6.45, 7) is 2.56. The third-order valence-electron chi connectivity index (χ3n) is 3.47. The summed E-state index contributed by atoms with van der Waals surface area (Å²) in [5.41, 5.74) is 1.85. The first-order valence-corrected chi connectivity index (χ1v) is 8.83. The molecule has 3 rings (SSSR count). The number of aromatic nitrogens is 3. The maximum absolute atomic E-state index is 6.26. The molecule has 0 aliphatic heterocycles. The van der Waals surface area contributed by atoms with Crippen molar-refractivity contribution in [3.63, 3.8) is 0 Å². The molecule has 1 heterocycles. The molecule has 1 aromatic heterocycles. The first kappa shape index (κ1) is 18.1. The minimum Gasteiger partial charge on any atom is -0.494 e. The molecule has 0 aliphatic carbocycles. The molecule has 2 aromatic carbocycles. The molecule has 0 bridgehead atoms. The Morgan fingerprint density at radius 2 is 1.96 bits per heavy atom. The van der Waals surface area contributed by atoms with E-state index in [4.69, 9.17) is 28.6 Å². The van der Waals surface area contributed by atoms with Crippen molar-refractivity contribution in [3.05, 3.63) is 70.0 Å². The van der Waals surface area contributed by atoms with Crippen LogP contribution in [0.2, 0.25) is 0 Å². The summed E-state index contributed by atoms with van der Waals surface area (Å²) in [6.07, 6.45) is 3.36. The third kappa shape index (κ3) is 4.47. The lowest BCUT2D eigenvalue weighted by Gasteiger charge is -2.04. The van der Waals surface area contributed by atoms with Gasteiger partial charge in [-0.3, -0.25) is 0 Å². The van der Waals surface area contributed by atoms with Crippen molar-refractivity contribution in [2.75, 3.05) is 6.61 Å². The van der Waals surface area contributed by atoms with Crippen molar-refractivity contribution in [2.24, 2.45) is 5.10 Å². The highest BCUT2D eigenvalue weighted by Crippen LogP contribution is 2.21. The molecule has 0 saturated heterocycles. The normalized spacial score (nSPS) is 11.8. The third-order valence-corrected chi connectivity index (χ3v) is 3.95. The number of nitrogens with one attached hydrogen (secondary N) is 1. The van der Waals surface area contributed by atoms with Gasteiger partial charge in [0.15, 0.2) is 5.82 Å². The molecule has 7 heteroatoms. The van der Waals surface area contributed by atoms with E-state index in [0.29, 0.717) is 22.2 Å². The molecular weight excluding hydrogens is 368 g/mol. The van der Waals surface area contributed by atoms with Crippen LogP contribution in [-0.2, 0) is 0 Å². The summed E-state index contributed by atoms with van der Waals surface area (Å²) in [4.78, 5) is 0. The molecule has 0 aliphatic rings. The number of ether oxygens (including phenoxy) is 1. The van der Waals surface area contributed by atoms with Crippen LogP contribution < -0.4 is 4.74 Å². The summed E-state index contributed by atoms with van der Waals surface area (Å²) in [5, 5.41) is 11.9. The summed E-state index contributed by atoms with van der Waals surface area (Å²) >= 11 is 11.5. The Hall–Kier alpha value is -2.70. The van der Waals surface area contributed by atoms with Gasteiger partial charge < -0.3 is 4.74 Å². The number of allylic oxidation sites excluding steroid dienone is 1. The Labute approximate surface area is 161 Å². The minimum atomic E-state index is 0.384. The number of hydrogen-bond acceptors (Lipinski definition) is 4. The smallest absolute Gasteiger partial charge is 0.216 e. The molecule has 132 valence electrons. The summed E-state index contributed by atoms with van der Waals surface area (Å²) in [7, 11) is 0. The van der Waals surface area contributed by atoms with Crippen molar-refractivity contribution in [2.45, 2.75) is 6.92 Å². The van der Waals surface area contributed by atoms with E-state index < -0.39 is 0 Å². The second-order valence-electron chi connectivity index (χ2n) is 5.31. The van der Waals surface area contributed by atoms with Crippen LogP contribution in [0.25, 0.3) is 17.5 Å². The molecule has 0 amide bonds. The molecular formula is C19H17ClN4OS. The molecule has 0 spiro atoms. The van der Waals surface area contributed by atoms with E-state index in [2.05, 4.69) is 15.3 Å². The Bertz CT molecular complexity index is 975. The molecule has 0 fully saturated rings. The zero-order valence-electron chi connectivity index (χ0n) is 14.1. The van der Waals surface area contributed by atoms with Crippen LogP contribution in [0.1, 0.15) is 12.5 Å². The molecule has 0 saturated carbocycles. The number of benzene rings is 2. The average molecular weight is 385 g/mol. The summed E-state index contributed by atoms with van der Waals surface area (Å²) in [6, 6.07) is 17.3. The van der Waals surface area contributed by atoms with Crippen molar-refractivity contribution in [1.29, 1.82) is 0 Å². The van der Waals surface area contributed by atoms with E-state index >= 15 is 0 Å². The van der Waals surface area contributed by atoms with E-state index in [9.17, 15) is 0 Å². The minimum absolute atomic E-state index is 0.384. The van der Waals surface area contributed by atoms with Gasteiger partial charge in [0.2, 0.25) is 4.77 Å². The van der Waals surface area contributed by atoms with Crippen LogP contribution in [-0.4, -0.2) is 27.7 Å². The molecule has 0 radical (unpaired) electrons. The lowest BCUT2D eigenvalue weighted by molar-refractivity contribution is 0.340. The number of hydrogen-bond donors (Lipinski definition) is 1. The van der Waals surface area contributed by atoms with Gasteiger partial charge in [-0.15, -0.1) is 0 Å². The molecule has 5 nitrogen and oxygen atoms in total. The number of nitrogens with zero attached hydrogens (tertiary/aromatic N) is 3. The highest BCUT2D eigenvalue weighted by Gasteiger charge is 2.08.